The molecule has 0 spiro atoms. The van der Waals surface area contributed by atoms with Gasteiger partial charge in [0, 0.05) is 36.4 Å². The van der Waals surface area contributed by atoms with Crippen LogP contribution in [0.3, 0.4) is 0 Å². The molecule has 99 heavy (non-hydrogen) atoms. The van der Waals surface area contributed by atoms with Crippen LogP contribution in [0.1, 0.15) is 98.6 Å². The highest BCUT2D eigenvalue weighted by Crippen LogP contribution is 2.22. The van der Waals surface area contributed by atoms with Gasteiger partial charge in [0.05, 0.1) is 25.8 Å². The van der Waals surface area contributed by atoms with Crippen LogP contribution in [0.5, 0.6) is 0 Å². The van der Waals surface area contributed by atoms with Crippen LogP contribution in [0, 0.1) is 17.3 Å². The normalized spacial score (nSPS) is 15.0. The van der Waals surface area contributed by atoms with Gasteiger partial charge in [-0.25, -0.2) is 0 Å². The van der Waals surface area contributed by atoms with Crippen molar-refractivity contribution >= 4 is 93.7 Å². The second kappa shape index (κ2) is 40.9. The predicted molar refractivity (Wildman–Crippen MR) is 360 cm³/mol. The van der Waals surface area contributed by atoms with Gasteiger partial charge >= 0.3 is 5.97 Å². The molecule has 0 bridgehead atoms. The number of aliphatic carboxylic acids is 1. The number of aromatic nitrogens is 1. The minimum Gasteiger partial charge on any atom is -0.481 e. The second-order valence-electron chi connectivity index (χ2n) is 25.5. The lowest BCUT2D eigenvalue weighted by Gasteiger charge is -2.33. The molecule has 3 aromatic rings. The number of carboxylic acid groups (broad SMARTS) is 1. The second-order valence-corrected chi connectivity index (χ2v) is 25.5. The molecule has 35 nitrogen and oxygen atoms in total. The van der Waals surface area contributed by atoms with E-state index in [2.05, 4.69) is 68.8 Å². The van der Waals surface area contributed by atoms with Crippen LogP contribution in [-0.2, 0) is 80.0 Å². The Morgan fingerprint density at radius 2 is 0.909 bits per heavy atom. The van der Waals surface area contributed by atoms with Crippen molar-refractivity contribution in [2.24, 2.45) is 45.9 Å². The molecule has 0 aliphatic carbocycles. The van der Waals surface area contributed by atoms with Gasteiger partial charge in [0.2, 0.25) is 76.8 Å². The summed E-state index contributed by atoms with van der Waals surface area (Å²) in [7, 11) is 0. The highest BCUT2D eigenvalue weighted by Gasteiger charge is 2.39. The lowest BCUT2D eigenvalue weighted by Crippen LogP contribution is -2.62. The number of aliphatic hydroxyl groups excluding tert-OH is 2. The third kappa shape index (κ3) is 27.3. The standard InChI is InChI=1S/C64H100N18O17/c1-32(2)49(68)61(97)77-40(20-23-65)53(89)71-29-47(85)73-45(30-83)59(95)79-44(27-36-28-70-38-17-13-12-16-37(36)38)58(94)80-46(31-84)60(96)76-41(21-24-66)54(90)75-42(22-25-67)55(91)78-43(26-35-14-10-9-11-15-35)57(93)74-39(18-19-48(86)87)56(92)81-50(33(3)4)62(98)82-51(64(6,7)8)63(99)72-34(5)52(69)88/h9-17,28,32-34,39-46,49-51,70,83-84H,18-27,29-31,65-68H2,1-8H3,(H2,69,88)(H,71,89)(H,72,99)(H,73,85)(H,74,93)(H,75,90)(H,76,96)(H,77,97)(H,78,91)(H,79,95)(H,80,94)(H,81,92)(H,82,98)(H,86,87)/t34-,39-,40+,41-,42+,43-,44+,45+,46-,49+,50-,51-/m0/s1. The SMILES string of the molecule is CC(C)[C@H](NC(=O)[C@H](CCC(=O)O)NC(=O)[C@H](Cc1ccccc1)NC(=O)[C@@H](CCN)NC(=O)[C@H](CCN)NC(=O)[C@H](CO)NC(=O)[C@@H](Cc1c[nH]c2ccccc12)NC(=O)[C@@H](CO)NC(=O)CNC(=O)[C@@H](CCN)NC(=O)[C@H](N)C(C)C)C(=O)N[C@@H](C(=O)N[C@@H](C)C(N)=O)C(C)(C)C. The van der Waals surface area contributed by atoms with Crippen LogP contribution < -0.4 is 92.5 Å². The molecule has 0 aliphatic rings. The van der Waals surface area contributed by atoms with E-state index in [9.17, 15) is 82.4 Å². The van der Waals surface area contributed by atoms with Crippen molar-refractivity contribution in [2.75, 3.05) is 39.4 Å². The summed E-state index contributed by atoms with van der Waals surface area (Å²) in [5, 5.41) is 60.7. The maximum absolute atomic E-state index is 14.5. The minimum atomic E-state index is -1.85. The summed E-state index contributed by atoms with van der Waals surface area (Å²) >= 11 is 0. The number of para-hydroxylation sites is 1. The average Bonchev–Trinajstić information content (AvgIpc) is 1.79. The molecule has 1 aromatic heterocycles. The van der Waals surface area contributed by atoms with Gasteiger partial charge in [-0.05, 0) is 86.7 Å². The number of H-pyrrole nitrogens is 1. The van der Waals surface area contributed by atoms with E-state index < -0.39 is 199 Å². The topological polar surface area (TPSA) is 590 Å². The van der Waals surface area contributed by atoms with Crippen molar-refractivity contribution in [1.29, 1.82) is 0 Å². The maximum atomic E-state index is 14.5. The van der Waals surface area contributed by atoms with E-state index in [1.165, 1.54) is 6.92 Å². The number of hydrogen-bond donors (Lipinski definition) is 21. The fourth-order valence-electron chi connectivity index (χ4n) is 9.82. The Morgan fingerprint density at radius 3 is 1.39 bits per heavy atom. The number of hydrogen-bond acceptors (Lipinski definition) is 20. The molecule has 35 heteroatoms. The Hall–Kier alpha value is -9.68. The summed E-state index contributed by atoms with van der Waals surface area (Å²) in [5.74, 6) is -14.6. The van der Waals surface area contributed by atoms with E-state index >= 15 is 0 Å². The third-order valence-electron chi connectivity index (χ3n) is 15.7. The van der Waals surface area contributed by atoms with Gasteiger partial charge in [0.15, 0.2) is 0 Å². The first-order valence-corrected chi connectivity index (χ1v) is 32.4. The third-order valence-corrected chi connectivity index (χ3v) is 15.7. The van der Waals surface area contributed by atoms with E-state index in [4.69, 9.17) is 28.7 Å². The first-order valence-electron chi connectivity index (χ1n) is 32.4. The van der Waals surface area contributed by atoms with E-state index in [0.717, 1.165) is 0 Å². The largest absolute Gasteiger partial charge is 0.481 e. The summed E-state index contributed by atoms with van der Waals surface area (Å²) < 4.78 is 0. The Balaban J connectivity index is 1.88. The van der Waals surface area contributed by atoms with Gasteiger partial charge < -0.3 is 113 Å². The molecule has 0 saturated heterocycles. The molecule has 0 unspecified atom stereocenters. The van der Waals surface area contributed by atoms with E-state index in [-0.39, 0.29) is 57.7 Å². The van der Waals surface area contributed by atoms with Gasteiger partial charge in [-0.3, -0.25) is 67.1 Å². The zero-order chi connectivity index (χ0) is 74.4. The Bertz CT molecular complexity index is 3270. The van der Waals surface area contributed by atoms with E-state index in [0.29, 0.717) is 22.0 Å². The molecule has 548 valence electrons. The molecule has 2 aromatic carbocycles. The number of primary amides is 1. The van der Waals surface area contributed by atoms with Crippen LogP contribution in [0.4, 0.5) is 0 Å². The number of carbonyl (C=O) groups is 14. The smallest absolute Gasteiger partial charge is 0.303 e. The fraction of sp³-hybridized carbons (Fsp3) is 0.562. The fourth-order valence-corrected chi connectivity index (χ4v) is 9.82. The quantitative estimate of drug-likeness (QED) is 0.0251. The van der Waals surface area contributed by atoms with Crippen molar-refractivity contribution in [3.63, 3.8) is 0 Å². The molecule has 13 amide bonds. The van der Waals surface area contributed by atoms with Crippen molar-refractivity contribution < 1.29 is 82.4 Å². The molecule has 1 heterocycles. The first kappa shape index (κ1) is 83.5. The minimum absolute atomic E-state index is 0.0228. The number of carboxylic acids is 1. The van der Waals surface area contributed by atoms with Gasteiger partial charge in [0.25, 0.3) is 0 Å². The monoisotopic (exact) mass is 1390 g/mol. The summed E-state index contributed by atoms with van der Waals surface area (Å²) in [5.41, 5.74) is 29.4. The first-order chi connectivity index (χ1) is 46.6. The zero-order valence-corrected chi connectivity index (χ0v) is 57.0. The van der Waals surface area contributed by atoms with Crippen LogP contribution >= 0.6 is 0 Å². The zero-order valence-electron chi connectivity index (χ0n) is 57.0. The van der Waals surface area contributed by atoms with Crippen molar-refractivity contribution in [3.05, 3.63) is 71.9 Å². The van der Waals surface area contributed by atoms with Crippen molar-refractivity contribution in [1.82, 2.24) is 68.8 Å². The van der Waals surface area contributed by atoms with Gasteiger partial charge in [-0.15, -0.1) is 0 Å². The number of carbonyl (C=O) groups excluding carboxylic acids is 13. The predicted octanol–water partition coefficient (Wildman–Crippen LogP) is -6.51. The maximum Gasteiger partial charge on any atom is 0.303 e. The van der Waals surface area contributed by atoms with E-state index in [1.54, 1.807) is 109 Å². The highest BCUT2D eigenvalue weighted by molar-refractivity contribution is 6.00. The van der Waals surface area contributed by atoms with Crippen molar-refractivity contribution in [3.8, 4) is 0 Å². The highest BCUT2D eigenvalue weighted by atomic mass is 16.4. The number of benzene rings is 2. The molecule has 0 saturated carbocycles. The van der Waals surface area contributed by atoms with Gasteiger partial charge in [0.1, 0.15) is 66.5 Å². The van der Waals surface area contributed by atoms with Gasteiger partial charge in [-0.1, -0.05) is 97.0 Å². The summed E-state index contributed by atoms with van der Waals surface area (Å²) in [6.45, 7) is 9.41. The molecule has 3 rings (SSSR count). The molecule has 0 aliphatic heterocycles. The number of amides is 13. The number of fused-ring (bicyclic) bond motifs is 1. The van der Waals surface area contributed by atoms with Crippen molar-refractivity contribution in [2.45, 2.75) is 173 Å². The summed E-state index contributed by atoms with van der Waals surface area (Å²) in [6.07, 6.45) is -0.807. The number of rotatable bonds is 42. The lowest BCUT2D eigenvalue weighted by molar-refractivity contribution is -0.139. The molecule has 0 fully saturated rings. The van der Waals surface area contributed by atoms with Crippen LogP contribution in [0.2, 0.25) is 0 Å². The molecule has 0 radical (unpaired) electrons. The number of aliphatic hydroxyl groups is 2. The number of nitrogens with one attached hydrogen (secondary N) is 13. The number of nitrogens with two attached hydrogens (primary N) is 5. The summed E-state index contributed by atoms with van der Waals surface area (Å²) in [6, 6.07) is -2.41. The molecule has 12 atom stereocenters. The molecular weight excluding hydrogens is 1290 g/mol. The van der Waals surface area contributed by atoms with Crippen LogP contribution in [-0.4, -0.2) is 215 Å². The Kier molecular flexibility index (Phi) is 34.5. The average molecular weight is 1390 g/mol. The lowest BCUT2D eigenvalue weighted by atomic mass is 9.85. The van der Waals surface area contributed by atoms with E-state index in [1.807, 2.05) is 0 Å². The molecular formula is C64H100N18O17. The molecule has 26 N–H and O–H groups in total. The van der Waals surface area contributed by atoms with Crippen LogP contribution in [0.15, 0.2) is 60.8 Å². The summed E-state index contributed by atoms with van der Waals surface area (Å²) in [4.78, 5) is 192. The Labute approximate surface area is 573 Å². The number of aromatic amines is 1. The van der Waals surface area contributed by atoms with Crippen LogP contribution in [0.25, 0.3) is 10.9 Å². The Morgan fingerprint density at radius 1 is 0.475 bits per heavy atom. The van der Waals surface area contributed by atoms with Gasteiger partial charge in [-0.2, -0.15) is 0 Å².